The summed E-state index contributed by atoms with van der Waals surface area (Å²) in [7, 11) is 0. The molecular formula is C9H10BrN3. The molecule has 3 nitrogen and oxygen atoms in total. The van der Waals surface area contributed by atoms with Gasteiger partial charge in [0.1, 0.15) is 0 Å². The summed E-state index contributed by atoms with van der Waals surface area (Å²) in [6, 6.07) is 7.52. The van der Waals surface area contributed by atoms with Gasteiger partial charge >= 0.3 is 0 Å². The Kier molecular flexibility index (Phi) is 4.05. The summed E-state index contributed by atoms with van der Waals surface area (Å²) in [6.07, 6.45) is 5.23. The highest BCUT2D eigenvalue weighted by Crippen LogP contribution is 2.09. The molecule has 0 saturated carbocycles. The minimum Gasteiger partial charge on any atom is -0.397 e. The molecule has 13 heavy (non-hydrogen) atoms. The van der Waals surface area contributed by atoms with E-state index in [0.29, 0.717) is 0 Å². The second-order valence-electron chi connectivity index (χ2n) is 2.31. The van der Waals surface area contributed by atoms with Gasteiger partial charge in [-0.1, -0.05) is 6.07 Å². The van der Waals surface area contributed by atoms with Crippen molar-refractivity contribution in [2.45, 2.75) is 0 Å². The molecule has 0 atom stereocenters. The van der Waals surface area contributed by atoms with Crippen LogP contribution in [0.2, 0.25) is 0 Å². The third-order valence-electron chi connectivity index (χ3n) is 1.24. The van der Waals surface area contributed by atoms with Crippen LogP contribution in [0.5, 0.6) is 0 Å². The lowest BCUT2D eigenvalue weighted by molar-refractivity contribution is 1.33. The number of halogens is 1. The summed E-state index contributed by atoms with van der Waals surface area (Å²) in [4.78, 5) is 6.64. The second-order valence-corrected chi connectivity index (χ2v) is 3.16. The molecule has 2 aromatic rings. The molecule has 0 aromatic carbocycles. The maximum atomic E-state index is 5.32. The first-order chi connectivity index (χ1) is 6.29. The van der Waals surface area contributed by atoms with E-state index < -0.39 is 0 Å². The van der Waals surface area contributed by atoms with Crippen molar-refractivity contribution in [3.8, 4) is 0 Å². The van der Waals surface area contributed by atoms with Crippen molar-refractivity contribution in [1.82, 2.24) is 9.97 Å². The summed E-state index contributed by atoms with van der Waals surface area (Å²) < 4.78 is 0.921. The smallest absolute Gasteiger partial charge is 0.0841 e. The molecule has 2 heterocycles. The lowest BCUT2D eigenvalue weighted by Gasteiger charge is -1.70. The van der Waals surface area contributed by atoms with E-state index in [2.05, 4.69) is 25.9 Å². The molecular weight excluding hydrogens is 230 g/mol. The van der Waals surface area contributed by atoms with Crippen molar-refractivity contribution >= 4 is 21.6 Å². The highest BCUT2D eigenvalue weighted by Gasteiger charge is 1.85. The zero-order chi connectivity index (χ0) is 9.52. The van der Waals surface area contributed by atoms with Crippen LogP contribution in [0.25, 0.3) is 0 Å². The van der Waals surface area contributed by atoms with Crippen molar-refractivity contribution in [3.05, 3.63) is 47.5 Å². The van der Waals surface area contributed by atoms with Crippen LogP contribution in [0.4, 0.5) is 5.69 Å². The Morgan fingerprint density at radius 1 is 1.23 bits per heavy atom. The highest BCUT2D eigenvalue weighted by molar-refractivity contribution is 9.10. The van der Waals surface area contributed by atoms with Gasteiger partial charge in [0.05, 0.1) is 10.3 Å². The molecule has 0 saturated heterocycles. The molecule has 3 N–H and O–H groups in total. The van der Waals surface area contributed by atoms with Crippen LogP contribution in [-0.4, -0.2) is 9.97 Å². The van der Waals surface area contributed by atoms with Crippen LogP contribution in [0.1, 0.15) is 0 Å². The zero-order valence-electron chi connectivity index (χ0n) is 6.94. The number of H-pyrrole nitrogens is 1. The average Bonchev–Trinajstić information content (AvgIpc) is 2.54. The minimum atomic E-state index is 0.756. The SMILES string of the molecule is Nc1c[nH]c(Br)c1.c1ccncc1. The van der Waals surface area contributed by atoms with E-state index in [1.54, 1.807) is 24.7 Å². The number of nitrogen functional groups attached to an aromatic ring is 1. The van der Waals surface area contributed by atoms with E-state index in [-0.39, 0.29) is 0 Å². The van der Waals surface area contributed by atoms with Crippen LogP contribution >= 0.6 is 15.9 Å². The van der Waals surface area contributed by atoms with E-state index in [9.17, 15) is 0 Å². The van der Waals surface area contributed by atoms with Crippen LogP contribution in [0.3, 0.4) is 0 Å². The lowest BCUT2D eigenvalue weighted by atomic mass is 10.5. The predicted molar refractivity (Wildman–Crippen MR) is 57.1 cm³/mol. The zero-order valence-corrected chi connectivity index (χ0v) is 8.53. The number of nitrogens with zero attached hydrogens (tertiary/aromatic N) is 1. The number of hydrogen-bond donors (Lipinski definition) is 2. The van der Waals surface area contributed by atoms with Gasteiger partial charge < -0.3 is 10.7 Å². The molecule has 0 aliphatic carbocycles. The first-order valence-electron chi connectivity index (χ1n) is 3.73. The van der Waals surface area contributed by atoms with Crippen LogP contribution < -0.4 is 5.73 Å². The fourth-order valence-electron chi connectivity index (χ4n) is 0.695. The molecule has 0 amide bonds. The Bertz CT molecular complexity index is 288. The van der Waals surface area contributed by atoms with Crippen molar-refractivity contribution in [2.24, 2.45) is 0 Å². The standard InChI is InChI=1S/C5H5N.C4H5BrN2/c1-2-4-6-5-3-1;5-4-1-3(6)2-7-4/h1-5H;1-2,7H,6H2. The van der Waals surface area contributed by atoms with Crippen molar-refractivity contribution in [3.63, 3.8) is 0 Å². The van der Waals surface area contributed by atoms with Gasteiger partial charge in [0.15, 0.2) is 0 Å². The van der Waals surface area contributed by atoms with Crippen molar-refractivity contribution in [2.75, 3.05) is 5.73 Å². The Balaban J connectivity index is 0.000000132. The second kappa shape index (κ2) is 5.37. The van der Waals surface area contributed by atoms with Gasteiger partial charge in [-0.2, -0.15) is 0 Å². The molecule has 0 aliphatic rings. The van der Waals surface area contributed by atoms with E-state index in [1.165, 1.54) is 0 Å². The summed E-state index contributed by atoms with van der Waals surface area (Å²) in [6.45, 7) is 0. The van der Waals surface area contributed by atoms with Gasteiger partial charge in [-0.25, -0.2) is 0 Å². The van der Waals surface area contributed by atoms with E-state index in [4.69, 9.17) is 5.73 Å². The Labute approximate surface area is 85.1 Å². The first-order valence-corrected chi connectivity index (χ1v) is 4.53. The quantitative estimate of drug-likeness (QED) is 0.743. The van der Waals surface area contributed by atoms with Gasteiger partial charge in [-0.05, 0) is 34.1 Å². The largest absolute Gasteiger partial charge is 0.397 e. The Hall–Kier alpha value is -1.29. The maximum Gasteiger partial charge on any atom is 0.0841 e. The number of anilines is 1. The lowest BCUT2D eigenvalue weighted by Crippen LogP contribution is -1.75. The molecule has 68 valence electrons. The molecule has 0 fully saturated rings. The third kappa shape index (κ3) is 4.32. The number of aromatic nitrogens is 2. The van der Waals surface area contributed by atoms with E-state index in [1.807, 2.05) is 18.2 Å². The number of nitrogens with two attached hydrogens (primary N) is 1. The highest BCUT2D eigenvalue weighted by atomic mass is 79.9. The van der Waals surface area contributed by atoms with E-state index in [0.717, 1.165) is 10.3 Å². The molecule has 0 unspecified atom stereocenters. The fourth-order valence-corrected chi connectivity index (χ4v) is 1.07. The molecule has 0 radical (unpaired) electrons. The average molecular weight is 240 g/mol. The number of aromatic amines is 1. The van der Waals surface area contributed by atoms with Gasteiger partial charge in [0.25, 0.3) is 0 Å². The molecule has 0 aliphatic heterocycles. The number of hydrogen-bond acceptors (Lipinski definition) is 2. The van der Waals surface area contributed by atoms with Gasteiger partial charge in [-0.3, -0.25) is 4.98 Å². The van der Waals surface area contributed by atoms with Gasteiger partial charge in [-0.15, -0.1) is 0 Å². The van der Waals surface area contributed by atoms with Crippen LogP contribution in [-0.2, 0) is 0 Å². The molecule has 0 spiro atoms. The summed E-state index contributed by atoms with van der Waals surface area (Å²) in [5, 5.41) is 0. The van der Waals surface area contributed by atoms with E-state index >= 15 is 0 Å². The summed E-state index contributed by atoms with van der Waals surface area (Å²) >= 11 is 3.20. The first kappa shape index (κ1) is 9.80. The predicted octanol–water partition coefficient (Wildman–Crippen LogP) is 2.44. The Morgan fingerprint density at radius 3 is 2.08 bits per heavy atom. The monoisotopic (exact) mass is 239 g/mol. The minimum absolute atomic E-state index is 0.756. The summed E-state index contributed by atoms with van der Waals surface area (Å²) in [5.41, 5.74) is 6.07. The molecule has 2 aromatic heterocycles. The third-order valence-corrected chi connectivity index (χ3v) is 1.69. The van der Waals surface area contributed by atoms with Crippen molar-refractivity contribution < 1.29 is 0 Å². The number of pyridine rings is 1. The number of nitrogens with one attached hydrogen (secondary N) is 1. The van der Waals surface area contributed by atoms with Crippen LogP contribution in [0, 0.1) is 0 Å². The fraction of sp³-hybridized carbons (Fsp3) is 0. The van der Waals surface area contributed by atoms with Gasteiger partial charge in [0.2, 0.25) is 0 Å². The molecule has 2 rings (SSSR count). The van der Waals surface area contributed by atoms with Gasteiger partial charge in [0, 0.05) is 18.6 Å². The maximum absolute atomic E-state index is 5.32. The Morgan fingerprint density at radius 2 is 1.92 bits per heavy atom. The number of rotatable bonds is 0. The normalized spacial score (nSPS) is 8.69. The molecule has 4 heteroatoms. The summed E-state index contributed by atoms with van der Waals surface area (Å²) in [5.74, 6) is 0. The van der Waals surface area contributed by atoms with Crippen LogP contribution in [0.15, 0.2) is 47.5 Å². The molecule has 0 bridgehead atoms. The van der Waals surface area contributed by atoms with Crippen molar-refractivity contribution in [1.29, 1.82) is 0 Å². The topological polar surface area (TPSA) is 54.7 Å².